The lowest BCUT2D eigenvalue weighted by atomic mass is 9.98. The Morgan fingerprint density at radius 1 is 1.07 bits per heavy atom. The lowest BCUT2D eigenvalue weighted by Gasteiger charge is -2.34. The highest BCUT2D eigenvalue weighted by molar-refractivity contribution is 7.23. The molecule has 4 aromatic rings. The smallest absolute Gasteiger partial charge is 0.176 e. The maximum Gasteiger partial charge on any atom is 0.176 e. The lowest BCUT2D eigenvalue weighted by molar-refractivity contribution is 0.232. The molecule has 12 heteroatoms. The van der Waals surface area contributed by atoms with Gasteiger partial charge in [-0.3, -0.25) is 4.98 Å². The third kappa shape index (κ3) is 4.57. The van der Waals surface area contributed by atoms with E-state index in [1.807, 2.05) is 6.07 Å². The number of benzene rings is 1. The second-order valence-electron chi connectivity index (χ2n) is 14.0. The lowest BCUT2D eigenvalue weighted by Crippen LogP contribution is -2.51. The second-order valence-corrected chi connectivity index (χ2v) is 15.1. The fourth-order valence-corrected chi connectivity index (χ4v) is 9.24. The summed E-state index contributed by atoms with van der Waals surface area (Å²) in [4.78, 5) is 19.1. The molecule has 4 atom stereocenters. The van der Waals surface area contributed by atoms with Crippen molar-refractivity contribution in [3.8, 4) is 17.3 Å². The van der Waals surface area contributed by atoms with Crippen molar-refractivity contribution in [2.24, 2.45) is 17.3 Å². The molecule has 0 spiro atoms. The number of hydrogen-bond donors (Lipinski definition) is 2. The topological polar surface area (TPSA) is 107 Å². The zero-order valence-electron chi connectivity index (χ0n) is 24.8. The van der Waals surface area contributed by atoms with Gasteiger partial charge >= 0.3 is 0 Å². The van der Waals surface area contributed by atoms with E-state index >= 15 is 4.39 Å². The van der Waals surface area contributed by atoms with Crippen molar-refractivity contribution in [3.63, 3.8) is 0 Å². The van der Waals surface area contributed by atoms with Crippen molar-refractivity contribution >= 4 is 43.1 Å². The minimum atomic E-state index is -1.16. The summed E-state index contributed by atoms with van der Waals surface area (Å²) in [5, 5.41) is 14.0. The van der Waals surface area contributed by atoms with Gasteiger partial charge in [-0.25, -0.2) is 23.1 Å². The van der Waals surface area contributed by atoms with Crippen LogP contribution >= 0.6 is 11.3 Å². The summed E-state index contributed by atoms with van der Waals surface area (Å²) in [6.45, 7) is 5.07. The van der Waals surface area contributed by atoms with Crippen molar-refractivity contribution in [2.45, 2.75) is 57.0 Å². The third-order valence-electron chi connectivity index (χ3n) is 10.9. The average Bonchev–Trinajstić information content (AvgIpc) is 3.85. The van der Waals surface area contributed by atoms with E-state index < -0.39 is 17.5 Å². The van der Waals surface area contributed by atoms with Crippen molar-refractivity contribution in [2.75, 3.05) is 43.4 Å². The van der Waals surface area contributed by atoms with Gasteiger partial charge in [0.25, 0.3) is 0 Å². The summed E-state index contributed by atoms with van der Waals surface area (Å²) in [7, 11) is 0. The van der Waals surface area contributed by atoms with E-state index in [-0.39, 0.29) is 42.8 Å². The Morgan fingerprint density at radius 3 is 2.53 bits per heavy atom. The van der Waals surface area contributed by atoms with Crippen LogP contribution in [0.3, 0.4) is 0 Å². The van der Waals surface area contributed by atoms with Crippen LogP contribution in [-0.2, 0) is 6.42 Å². The van der Waals surface area contributed by atoms with E-state index in [2.05, 4.69) is 20.1 Å². The minimum absolute atomic E-state index is 0.0180. The summed E-state index contributed by atoms with van der Waals surface area (Å²) >= 11 is 0.769. The van der Waals surface area contributed by atoms with Crippen molar-refractivity contribution < 1.29 is 13.2 Å². The fourth-order valence-electron chi connectivity index (χ4n) is 8.27. The van der Waals surface area contributed by atoms with Crippen LogP contribution in [0.25, 0.3) is 32.2 Å². The molecule has 3 N–H and O–H groups in total. The molecule has 0 amide bonds. The van der Waals surface area contributed by atoms with E-state index in [1.54, 1.807) is 0 Å². The van der Waals surface area contributed by atoms with Crippen LogP contribution in [0.15, 0.2) is 12.3 Å². The fraction of sp³-hybridized carbons (Fsp3) is 0.515. The van der Waals surface area contributed by atoms with Crippen LogP contribution in [0.5, 0.6) is 0 Å². The highest BCUT2D eigenvalue weighted by Gasteiger charge is 2.50. The number of hydrogen-bond acceptors (Lipinski definition) is 9. The standard InChI is InChI=1S/C33H33F3N8S/c34-23-8-20(25-21(9-37)31(38)45-30(25)26(23)35)28-27(36)29-22(10-39-28)32(44-13-18-1-2-19(14-44)40-18)42-24(41-29)3-4-33(5-6-33)15-43-11-16-7-17(16)12-43/h8,10,16-19,40H,1-7,11-15,38H2. The van der Waals surface area contributed by atoms with Crippen LogP contribution in [0, 0.1) is 46.0 Å². The number of likely N-dealkylation sites (tertiary alicyclic amines) is 1. The third-order valence-corrected chi connectivity index (χ3v) is 11.9. The number of nitriles is 1. The molecular formula is C33H33F3N8S. The largest absolute Gasteiger partial charge is 0.389 e. The number of halogens is 3. The van der Waals surface area contributed by atoms with Gasteiger partial charge in [-0.05, 0) is 61.8 Å². The van der Waals surface area contributed by atoms with Crippen molar-refractivity contribution in [3.05, 3.63) is 41.1 Å². The molecule has 2 bridgehead atoms. The molecule has 9 rings (SSSR count). The van der Waals surface area contributed by atoms with Gasteiger partial charge in [0, 0.05) is 68.4 Å². The number of aromatic nitrogens is 3. The molecule has 5 aliphatic rings. The zero-order valence-corrected chi connectivity index (χ0v) is 25.6. The number of pyridine rings is 1. The maximum absolute atomic E-state index is 16.7. The quantitative estimate of drug-likeness (QED) is 0.280. The van der Waals surface area contributed by atoms with Crippen molar-refractivity contribution in [1.82, 2.24) is 25.2 Å². The summed E-state index contributed by atoms with van der Waals surface area (Å²) in [6.07, 6.45) is 9.07. The van der Waals surface area contributed by atoms with Crippen LogP contribution in [0.1, 0.15) is 49.9 Å². The number of nitrogens with two attached hydrogens (primary N) is 1. The molecule has 5 fully saturated rings. The summed E-state index contributed by atoms with van der Waals surface area (Å²) < 4.78 is 46.3. The van der Waals surface area contributed by atoms with Gasteiger partial charge in [-0.2, -0.15) is 5.26 Å². The average molecular weight is 631 g/mol. The predicted molar refractivity (Wildman–Crippen MR) is 167 cm³/mol. The molecule has 6 heterocycles. The molecular weight excluding hydrogens is 597 g/mol. The first-order chi connectivity index (χ1) is 21.8. The van der Waals surface area contributed by atoms with Gasteiger partial charge in [0.15, 0.2) is 17.5 Å². The second kappa shape index (κ2) is 9.98. The minimum Gasteiger partial charge on any atom is -0.389 e. The molecule has 3 saturated heterocycles. The maximum atomic E-state index is 16.7. The molecule has 2 aliphatic carbocycles. The highest BCUT2D eigenvalue weighted by atomic mass is 32.1. The van der Waals surface area contributed by atoms with E-state index in [4.69, 9.17) is 15.7 Å². The number of piperidine rings is 1. The number of aryl methyl sites for hydroxylation is 1. The number of nitrogens with one attached hydrogen (secondary N) is 1. The van der Waals surface area contributed by atoms with Crippen LogP contribution in [0.2, 0.25) is 0 Å². The summed E-state index contributed by atoms with van der Waals surface area (Å²) in [5.41, 5.74) is 6.15. The molecule has 45 heavy (non-hydrogen) atoms. The van der Waals surface area contributed by atoms with Crippen LogP contribution in [0.4, 0.5) is 24.0 Å². The monoisotopic (exact) mass is 630 g/mol. The van der Waals surface area contributed by atoms with Gasteiger partial charge in [0.1, 0.15) is 33.9 Å². The molecule has 0 radical (unpaired) electrons. The number of nitrogens with zero attached hydrogens (tertiary/aromatic N) is 6. The van der Waals surface area contributed by atoms with E-state index in [1.165, 1.54) is 38.5 Å². The van der Waals surface area contributed by atoms with Crippen molar-refractivity contribution in [1.29, 1.82) is 5.26 Å². The van der Waals surface area contributed by atoms with Gasteiger partial charge < -0.3 is 20.9 Å². The highest BCUT2D eigenvalue weighted by Crippen LogP contribution is 2.53. The predicted octanol–water partition coefficient (Wildman–Crippen LogP) is 5.38. The summed E-state index contributed by atoms with van der Waals surface area (Å²) in [5.74, 6) is 0.0413. The molecule has 2 saturated carbocycles. The van der Waals surface area contributed by atoms with Gasteiger partial charge in [-0.15, -0.1) is 11.3 Å². The number of nitrogen functional groups attached to an aromatic ring is 1. The Morgan fingerprint density at radius 2 is 1.82 bits per heavy atom. The Kier molecular flexibility index (Phi) is 6.16. The first-order valence-electron chi connectivity index (χ1n) is 16.0. The Hall–Kier alpha value is -3.53. The molecule has 3 aromatic heterocycles. The number of fused-ring (bicyclic) bond motifs is 5. The van der Waals surface area contributed by atoms with Gasteiger partial charge in [0.2, 0.25) is 0 Å². The number of rotatable bonds is 7. The normalized spacial score (nSPS) is 26.5. The van der Waals surface area contributed by atoms with Gasteiger partial charge in [0.05, 0.1) is 15.6 Å². The molecule has 4 unspecified atom stereocenters. The molecule has 232 valence electrons. The first-order valence-corrected chi connectivity index (χ1v) is 16.8. The van der Waals surface area contributed by atoms with E-state index in [0.29, 0.717) is 35.5 Å². The van der Waals surface area contributed by atoms with E-state index in [0.717, 1.165) is 68.1 Å². The number of anilines is 2. The SMILES string of the molecule is N#Cc1c(N)sc2c(F)c(F)cc(-c3ncc4c(N5CC6CCC(C5)N6)nc(CCC5(CN6CC7CC7C6)CC5)nc4c3F)c12. The summed E-state index contributed by atoms with van der Waals surface area (Å²) in [6, 6.07) is 3.57. The molecule has 3 aliphatic heterocycles. The Bertz CT molecular complexity index is 1910. The first kappa shape index (κ1) is 27.8. The number of thiophene rings is 1. The Labute approximate surface area is 262 Å². The van der Waals surface area contributed by atoms with Crippen LogP contribution < -0.4 is 16.0 Å². The molecule has 8 nitrogen and oxygen atoms in total. The van der Waals surface area contributed by atoms with Crippen LogP contribution in [-0.4, -0.2) is 64.7 Å². The molecule has 1 aromatic carbocycles. The van der Waals surface area contributed by atoms with E-state index in [9.17, 15) is 14.0 Å². The number of piperazine rings is 1. The van der Waals surface area contributed by atoms with Gasteiger partial charge in [-0.1, -0.05) is 0 Å². The zero-order chi connectivity index (χ0) is 30.6. The Balaban J connectivity index is 1.13.